The standard InChI is InChI=1S/C27H24S2/c1-20-3-7-22(8-4-20)24-11-15-26(16-12-24)28-19-29-27-17-13-25(14-18-27)23-9-5-21(2)6-10-23/h3-18H,19H2,1-2H3. The number of thioether (sulfide) groups is 2. The fourth-order valence-electron chi connectivity index (χ4n) is 3.14. The van der Waals surface area contributed by atoms with E-state index in [1.807, 2.05) is 23.5 Å². The minimum Gasteiger partial charge on any atom is -0.115 e. The molecule has 0 aliphatic carbocycles. The summed E-state index contributed by atoms with van der Waals surface area (Å²) in [5, 5.41) is 1.01. The summed E-state index contributed by atoms with van der Waals surface area (Å²) in [7, 11) is 0. The van der Waals surface area contributed by atoms with Gasteiger partial charge in [-0.05, 0) is 60.4 Å². The van der Waals surface area contributed by atoms with E-state index in [4.69, 9.17) is 0 Å². The quantitative estimate of drug-likeness (QED) is 0.230. The Morgan fingerprint density at radius 2 is 0.690 bits per heavy atom. The summed E-state index contributed by atoms with van der Waals surface area (Å²) in [6, 6.07) is 35.2. The van der Waals surface area contributed by atoms with Crippen LogP contribution in [-0.2, 0) is 0 Å². The van der Waals surface area contributed by atoms with Crippen LogP contribution < -0.4 is 0 Å². The predicted molar refractivity (Wildman–Crippen MR) is 130 cm³/mol. The fourth-order valence-corrected chi connectivity index (χ4v) is 5.13. The van der Waals surface area contributed by atoms with Gasteiger partial charge in [0.1, 0.15) is 0 Å². The maximum absolute atomic E-state index is 2.22. The van der Waals surface area contributed by atoms with Crippen LogP contribution in [0.1, 0.15) is 11.1 Å². The van der Waals surface area contributed by atoms with Crippen molar-refractivity contribution in [3.63, 3.8) is 0 Å². The zero-order chi connectivity index (χ0) is 20.1. The van der Waals surface area contributed by atoms with E-state index in [2.05, 4.69) is 111 Å². The van der Waals surface area contributed by atoms with E-state index in [9.17, 15) is 0 Å². The molecule has 0 radical (unpaired) electrons. The number of aryl methyl sites for hydroxylation is 2. The first kappa shape index (κ1) is 19.9. The first-order valence-electron chi connectivity index (χ1n) is 9.77. The normalized spacial score (nSPS) is 10.8. The zero-order valence-electron chi connectivity index (χ0n) is 16.8. The van der Waals surface area contributed by atoms with E-state index in [1.165, 1.54) is 43.2 Å². The Labute approximate surface area is 182 Å². The summed E-state index contributed by atoms with van der Waals surface area (Å²) in [6.07, 6.45) is 0. The van der Waals surface area contributed by atoms with Gasteiger partial charge in [-0.2, -0.15) is 0 Å². The van der Waals surface area contributed by atoms with Gasteiger partial charge < -0.3 is 0 Å². The van der Waals surface area contributed by atoms with Crippen LogP contribution in [0.2, 0.25) is 0 Å². The molecule has 0 spiro atoms. The molecule has 0 amide bonds. The van der Waals surface area contributed by atoms with Crippen molar-refractivity contribution in [3.05, 3.63) is 108 Å². The highest BCUT2D eigenvalue weighted by molar-refractivity contribution is 8.16. The molecule has 0 fully saturated rings. The lowest BCUT2D eigenvalue weighted by Gasteiger charge is -2.06. The molecule has 4 aromatic rings. The van der Waals surface area contributed by atoms with Crippen LogP contribution in [0.25, 0.3) is 22.3 Å². The first-order chi connectivity index (χ1) is 14.2. The summed E-state index contributed by atoms with van der Waals surface area (Å²) >= 11 is 3.77. The Balaban J connectivity index is 1.31. The van der Waals surface area contributed by atoms with Crippen molar-refractivity contribution < 1.29 is 0 Å². The van der Waals surface area contributed by atoms with Gasteiger partial charge >= 0.3 is 0 Å². The molecule has 0 unspecified atom stereocenters. The predicted octanol–water partition coefficient (Wildman–Crippen LogP) is 8.48. The van der Waals surface area contributed by atoms with Gasteiger partial charge in [-0.15, -0.1) is 23.5 Å². The molecular formula is C27H24S2. The molecule has 4 rings (SSSR count). The number of hydrogen-bond donors (Lipinski definition) is 0. The van der Waals surface area contributed by atoms with Crippen LogP contribution in [0, 0.1) is 13.8 Å². The third-order valence-corrected chi connectivity index (χ3v) is 7.08. The highest BCUT2D eigenvalue weighted by Crippen LogP contribution is 2.31. The van der Waals surface area contributed by atoms with E-state index in [0.29, 0.717) is 0 Å². The molecule has 0 aliphatic heterocycles. The molecule has 29 heavy (non-hydrogen) atoms. The zero-order valence-corrected chi connectivity index (χ0v) is 18.4. The van der Waals surface area contributed by atoms with Crippen LogP contribution >= 0.6 is 23.5 Å². The second kappa shape index (κ2) is 9.39. The van der Waals surface area contributed by atoms with Gasteiger partial charge in [0.15, 0.2) is 0 Å². The monoisotopic (exact) mass is 412 g/mol. The van der Waals surface area contributed by atoms with E-state index in [0.717, 1.165) is 5.08 Å². The highest BCUT2D eigenvalue weighted by atomic mass is 32.2. The minimum atomic E-state index is 1.01. The Morgan fingerprint density at radius 3 is 1.00 bits per heavy atom. The van der Waals surface area contributed by atoms with E-state index >= 15 is 0 Å². The summed E-state index contributed by atoms with van der Waals surface area (Å²) in [5.74, 6) is 0. The van der Waals surface area contributed by atoms with Gasteiger partial charge in [0.05, 0.1) is 0 Å². The smallest absolute Gasteiger partial charge is 0.0486 e. The van der Waals surface area contributed by atoms with E-state index in [-0.39, 0.29) is 0 Å². The second-order valence-electron chi connectivity index (χ2n) is 7.19. The SMILES string of the molecule is Cc1ccc(-c2ccc(SCSc3ccc(-c4ccc(C)cc4)cc3)cc2)cc1. The van der Waals surface area contributed by atoms with Crippen molar-refractivity contribution in [1.82, 2.24) is 0 Å². The Morgan fingerprint density at radius 1 is 0.414 bits per heavy atom. The lowest BCUT2D eigenvalue weighted by atomic mass is 10.0. The number of rotatable bonds is 6. The Bertz CT molecular complexity index is 957. The lowest BCUT2D eigenvalue weighted by molar-refractivity contribution is 1.43. The molecule has 0 saturated heterocycles. The maximum atomic E-state index is 2.22. The fraction of sp³-hybridized carbons (Fsp3) is 0.111. The van der Waals surface area contributed by atoms with Crippen molar-refractivity contribution in [2.75, 3.05) is 5.08 Å². The van der Waals surface area contributed by atoms with E-state index < -0.39 is 0 Å². The number of hydrogen-bond acceptors (Lipinski definition) is 2. The van der Waals surface area contributed by atoms with Gasteiger partial charge in [-0.25, -0.2) is 0 Å². The van der Waals surface area contributed by atoms with Gasteiger partial charge in [-0.1, -0.05) is 83.9 Å². The lowest BCUT2D eigenvalue weighted by Crippen LogP contribution is -1.81. The molecule has 0 aliphatic rings. The third-order valence-electron chi connectivity index (χ3n) is 4.93. The molecule has 144 valence electrons. The third kappa shape index (κ3) is 5.35. The molecule has 2 heteroatoms. The summed E-state index contributed by atoms with van der Waals surface area (Å²) in [5.41, 5.74) is 7.68. The van der Waals surface area contributed by atoms with Crippen molar-refractivity contribution in [1.29, 1.82) is 0 Å². The largest absolute Gasteiger partial charge is 0.115 e. The topological polar surface area (TPSA) is 0 Å². The highest BCUT2D eigenvalue weighted by Gasteiger charge is 2.01. The number of benzene rings is 4. The minimum absolute atomic E-state index is 1.01. The average Bonchev–Trinajstić information content (AvgIpc) is 2.76. The molecule has 4 aromatic carbocycles. The van der Waals surface area contributed by atoms with E-state index in [1.54, 1.807) is 0 Å². The molecule has 0 N–H and O–H groups in total. The molecule has 0 heterocycles. The maximum Gasteiger partial charge on any atom is 0.0486 e. The molecule has 0 atom stereocenters. The Hall–Kier alpha value is -2.42. The van der Waals surface area contributed by atoms with Crippen LogP contribution in [0.3, 0.4) is 0 Å². The van der Waals surface area contributed by atoms with Crippen molar-refractivity contribution in [3.8, 4) is 22.3 Å². The molecule has 0 aromatic heterocycles. The van der Waals surface area contributed by atoms with Gasteiger partial charge in [0.2, 0.25) is 0 Å². The van der Waals surface area contributed by atoms with Crippen molar-refractivity contribution in [2.24, 2.45) is 0 Å². The van der Waals surface area contributed by atoms with Crippen LogP contribution in [0.15, 0.2) is 107 Å². The molecule has 0 nitrogen and oxygen atoms in total. The first-order valence-corrected chi connectivity index (χ1v) is 11.7. The molecular weight excluding hydrogens is 388 g/mol. The van der Waals surface area contributed by atoms with Crippen LogP contribution in [-0.4, -0.2) is 5.08 Å². The second-order valence-corrected chi connectivity index (χ2v) is 9.65. The molecule has 0 bridgehead atoms. The molecule has 0 saturated carbocycles. The van der Waals surface area contributed by atoms with Gasteiger partial charge in [0, 0.05) is 14.9 Å². The summed E-state index contributed by atoms with van der Waals surface area (Å²) in [6.45, 7) is 4.24. The van der Waals surface area contributed by atoms with Crippen LogP contribution in [0.5, 0.6) is 0 Å². The Kier molecular flexibility index (Phi) is 6.43. The average molecular weight is 413 g/mol. The summed E-state index contributed by atoms with van der Waals surface area (Å²) in [4.78, 5) is 2.62. The van der Waals surface area contributed by atoms with Gasteiger partial charge in [0.25, 0.3) is 0 Å². The van der Waals surface area contributed by atoms with Crippen molar-refractivity contribution >= 4 is 23.5 Å². The van der Waals surface area contributed by atoms with Gasteiger partial charge in [-0.3, -0.25) is 0 Å². The summed E-state index contributed by atoms with van der Waals surface area (Å²) < 4.78 is 0. The van der Waals surface area contributed by atoms with Crippen molar-refractivity contribution in [2.45, 2.75) is 23.6 Å². The van der Waals surface area contributed by atoms with Crippen LogP contribution in [0.4, 0.5) is 0 Å².